The molecule has 31 heavy (non-hydrogen) atoms. The average molecular weight is 422 g/mol. The lowest BCUT2D eigenvalue weighted by molar-refractivity contribution is -0.384. The maximum Gasteiger partial charge on any atom is 0.269 e. The molecule has 0 unspecified atom stereocenters. The summed E-state index contributed by atoms with van der Waals surface area (Å²) in [6, 6.07) is 13.7. The summed E-state index contributed by atoms with van der Waals surface area (Å²) >= 11 is 0. The summed E-state index contributed by atoms with van der Waals surface area (Å²) in [6.45, 7) is 0.777. The van der Waals surface area contributed by atoms with Crippen molar-refractivity contribution in [2.75, 3.05) is 18.4 Å². The maximum atomic E-state index is 14.2. The maximum absolute atomic E-state index is 14.2. The van der Waals surface area contributed by atoms with Crippen molar-refractivity contribution in [2.24, 2.45) is 0 Å². The number of nitrogens with one attached hydrogen (secondary N) is 2. The van der Waals surface area contributed by atoms with Crippen molar-refractivity contribution in [1.82, 2.24) is 10.3 Å². The van der Waals surface area contributed by atoms with Crippen LogP contribution in [0.4, 0.5) is 15.8 Å². The second-order valence-corrected chi connectivity index (χ2v) is 6.34. The lowest BCUT2D eigenvalue weighted by Crippen LogP contribution is -2.27. The molecule has 0 aliphatic carbocycles. The van der Waals surface area contributed by atoms with Gasteiger partial charge in [-0.3, -0.25) is 19.9 Å². The first-order valence-corrected chi connectivity index (χ1v) is 9.33. The first kappa shape index (κ1) is 21.4. The number of ether oxygens (including phenoxy) is 1. The van der Waals surface area contributed by atoms with Gasteiger partial charge in [-0.05, 0) is 48.0 Å². The molecule has 3 aromatic rings. The highest BCUT2D eigenvalue weighted by Gasteiger charge is 2.06. The van der Waals surface area contributed by atoms with Crippen LogP contribution in [0, 0.1) is 15.9 Å². The van der Waals surface area contributed by atoms with Gasteiger partial charge in [0.25, 0.3) is 5.69 Å². The fourth-order valence-corrected chi connectivity index (χ4v) is 2.56. The van der Waals surface area contributed by atoms with E-state index in [1.807, 2.05) is 0 Å². The Morgan fingerprint density at radius 1 is 1.16 bits per heavy atom. The second kappa shape index (κ2) is 10.5. The molecule has 0 fully saturated rings. The van der Waals surface area contributed by atoms with Crippen LogP contribution in [0.2, 0.25) is 0 Å². The number of halogens is 1. The molecule has 2 aromatic carbocycles. The van der Waals surface area contributed by atoms with Crippen LogP contribution in [-0.2, 0) is 4.79 Å². The Labute approximate surface area is 177 Å². The molecule has 9 heteroatoms. The summed E-state index contributed by atoms with van der Waals surface area (Å²) < 4.78 is 19.6. The number of nitro groups is 1. The lowest BCUT2D eigenvalue weighted by atomic mass is 10.2. The molecule has 158 valence electrons. The van der Waals surface area contributed by atoms with Gasteiger partial charge in [0, 0.05) is 43.2 Å². The minimum absolute atomic E-state index is 0.0112. The molecule has 0 spiro atoms. The van der Waals surface area contributed by atoms with Crippen LogP contribution in [0.3, 0.4) is 0 Å². The molecular weight excluding hydrogens is 403 g/mol. The summed E-state index contributed by atoms with van der Waals surface area (Å²) in [5, 5.41) is 16.4. The van der Waals surface area contributed by atoms with E-state index in [0.717, 1.165) is 0 Å². The Kier molecular flexibility index (Phi) is 7.26. The standard InChI is InChI=1S/C22H19FN4O4/c23-20-14-16(3-9-21(20)31-19-2-1-11-24-15-19)4-10-22(28)26-13-12-25-17-5-7-18(8-6-17)27(29)30/h1-11,14-15,25H,12-13H2,(H,26,28)/b10-4+. The van der Waals surface area contributed by atoms with Gasteiger partial charge in [0.1, 0.15) is 5.75 Å². The molecule has 3 rings (SSSR count). The Hall–Kier alpha value is -4.27. The molecule has 1 heterocycles. The van der Waals surface area contributed by atoms with Crippen molar-refractivity contribution >= 4 is 23.4 Å². The number of benzene rings is 2. The number of pyridine rings is 1. The molecule has 0 bridgehead atoms. The van der Waals surface area contributed by atoms with E-state index in [9.17, 15) is 19.3 Å². The zero-order valence-electron chi connectivity index (χ0n) is 16.3. The Balaban J connectivity index is 1.44. The Morgan fingerprint density at radius 2 is 1.97 bits per heavy atom. The number of aromatic nitrogens is 1. The van der Waals surface area contributed by atoms with E-state index in [0.29, 0.717) is 30.1 Å². The number of hydrogen-bond donors (Lipinski definition) is 2. The molecule has 0 saturated heterocycles. The highest BCUT2D eigenvalue weighted by Crippen LogP contribution is 2.24. The summed E-state index contributed by atoms with van der Waals surface area (Å²) in [6.07, 6.45) is 5.88. The number of nitrogens with zero attached hydrogens (tertiary/aromatic N) is 2. The average Bonchev–Trinajstić information content (AvgIpc) is 2.78. The van der Waals surface area contributed by atoms with Crippen LogP contribution >= 0.6 is 0 Å². The number of rotatable bonds is 9. The zero-order chi connectivity index (χ0) is 22.1. The predicted molar refractivity (Wildman–Crippen MR) is 114 cm³/mol. The molecule has 0 aliphatic heterocycles. The van der Waals surface area contributed by atoms with Gasteiger partial charge in [-0.25, -0.2) is 4.39 Å². The third-order valence-corrected chi connectivity index (χ3v) is 4.08. The van der Waals surface area contributed by atoms with Crippen molar-refractivity contribution in [3.05, 3.63) is 94.6 Å². The van der Waals surface area contributed by atoms with Crippen molar-refractivity contribution in [1.29, 1.82) is 0 Å². The predicted octanol–water partition coefficient (Wildman–Crippen LogP) is 4.16. The van der Waals surface area contributed by atoms with Crippen LogP contribution in [0.5, 0.6) is 11.5 Å². The van der Waals surface area contributed by atoms with E-state index < -0.39 is 10.7 Å². The van der Waals surface area contributed by atoms with Gasteiger partial charge in [-0.2, -0.15) is 0 Å². The fraction of sp³-hybridized carbons (Fsp3) is 0.0909. The largest absolute Gasteiger partial charge is 0.453 e. The van der Waals surface area contributed by atoms with Gasteiger partial charge in [0.15, 0.2) is 11.6 Å². The summed E-state index contributed by atoms with van der Waals surface area (Å²) in [4.78, 5) is 26.0. The molecular formula is C22H19FN4O4. The summed E-state index contributed by atoms with van der Waals surface area (Å²) in [7, 11) is 0. The van der Waals surface area contributed by atoms with E-state index in [1.165, 1.54) is 42.6 Å². The van der Waals surface area contributed by atoms with Crippen molar-refractivity contribution in [3.63, 3.8) is 0 Å². The molecule has 0 saturated carbocycles. The quantitative estimate of drug-likeness (QED) is 0.232. The van der Waals surface area contributed by atoms with Crippen LogP contribution in [0.25, 0.3) is 6.08 Å². The highest BCUT2D eigenvalue weighted by atomic mass is 19.1. The molecule has 0 aliphatic rings. The van der Waals surface area contributed by atoms with E-state index in [-0.39, 0.29) is 17.3 Å². The highest BCUT2D eigenvalue weighted by molar-refractivity contribution is 5.91. The Bertz CT molecular complexity index is 1070. The number of carbonyl (C=O) groups excluding carboxylic acids is 1. The normalized spacial score (nSPS) is 10.6. The van der Waals surface area contributed by atoms with Crippen LogP contribution in [0.15, 0.2) is 73.1 Å². The molecule has 0 radical (unpaired) electrons. The van der Waals surface area contributed by atoms with E-state index in [4.69, 9.17) is 4.74 Å². The minimum Gasteiger partial charge on any atom is -0.453 e. The van der Waals surface area contributed by atoms with E-state index in [1.54, 1.807) is 36.5 Å². The molecule has 1 aromatic heterocycles. The number of hydrogen-bond acceptors (Lipinski definition) is 6. The minimum atomic E-state index is -0.557. The SMILES string of the molecule is O=C(/C=C/c1ccc(Oc2cccnc2)c(F)c1)NCCNc1ccc([N+](=O)[O-])cc1. The van der Waals surface area contributed by atoms with Crippen LogP contribution in [-0.4, -0.2) is 28.9 Å². The number of non-ortho nitro benzene ring substituents is 1. The summed E-state index contributed by atoms with van der Waals surface area (Å²) in [5.41, 5.74) is 1.23. The van der Waals surface area contributed by atoms with Gasteiger partial charge in [-0.15, -0.1) is 0 Å². The third-order valence-electron chi connectivity index (χ3n) is 4.08. The van der Waals surface area contributed by atoms with Gasteiger partial charge in [0.05, 0.1) is 11.1 Å². The lowest BCUT2D eigenvalue weighted by Gasteiger charge is -2.07. The third kappa shape index (κ3) is 6.64. The molecule has 8 nitrogen and oxygen atoms in total. The summed E-state index contributed by atoms with van der Waals surface area (Å²) in [5.74, 6) is -0.404. The zero-order valence-corrected chi connectivity index (χ0v) is 16.3. The van der Waals surface area contributed by atoms with E-state index in [2.05, 4.69) is 15.6 Å². The fourth-order valence-electron chi connectivity index (χ4n) is 2.56. The first-order valence-electron chi connectivity index (χ1n) is 9.33. The van der Waals surface area contributed by atoms with Gasteiger partial charge < -0.3 is 15.4 Å². The molecule has 1 amide bonds. The van der Waals surface area contributed by atoms with Crippen molar-refractivity contribution < 1.29 is 18.8 Å². The van der Waals surface area contributed by atoms with Crippen LogP contribution in [0.1, 0.15) is 5.56 Å². The Morgan fingerprint density at radius 3 is 2.65 bits per heavy atom. The smallest absolute Gasteiger partial charge is 0.269 e. The number of amides is 1. The van der Waals surface area contributed by atoms with Gasteiger partial charge in [0.2, 0.25) is 5.91 Å². The second-order valence-electron chi connectivity index (χ2n) is 6.34. The number of nitro benzene ring substituents is 1. The topological polar surface area (TPSA) is 106 Å². The van der Waals surface area contributed by atoms with Crippen LogP contribution < -0.4 is 15.4 Å². The van der Waals surface area contributed by atoms with E-state index >= 15 is 0 Å². The molecule has 2 N–H and O–H groups in total. The first-order chi connectivity index (χ1) is 15.0. The van der Waals surface area contributed by atoms with Crippen molar-refractivity contribution in [3.8, 4) is 11.5 Å². The van der Waals surface area contributed by atoms with Crippen molar-refractivity contribution in [2.45, 2.75) is 0 Å². The van der Waals surface area contributed by atoms with Gasteiger partial charge >= 0.3 is 0 Å². The number of anilines is 1. The van der Waals surface area contributed by atoms with Gasteiger partial charge in [-0.1, -0.05) is 6.07 Å². The molecule has 0 atom stereocenters. The monoisotopic (exact) mass is 422 g/mol. The number of carbonyl (C=O) groups is 1.